The van der Waals surface area contributed by atoms with Crippen molar-refractivity contribution in [2.75, 3.05) is 0 Å². The lowest BCUT2D eigenvalue weighted by molar-refractivity contribution is 0.0980. The largest absolute Gasteiger partial charge is 0.321 e. The van der Waals surface area contributed by atoms with Crippen LogP contribution in [0, 0.1) is 69.2 Å². The predicted octanol–water partition coefficient (Wildman–Crippen LogP) is 6.56. The average molecular weight is 413 g/mol. The number of carbonyl (C=O) groups excluding carboxylic acids is 1. The fourth-order valence-corrected chi connectivity index (χ4v) is 5.04. The normalized spacial score (nSPS) is 14.5. The topological polar surface area (TPSA) is 42.0 Å². The number of nitrogens with one attached hydrogen (secondary N) is 1. The van der Waals surface area contributed by atoms with Gasteiger partial charge in [0.25, 0.3) is 5.91 Å². The van der Waals surface area contributed by atoms with Gasteiger partial charge in [-0.05, 0) is 131 Å². The maximum Gasteiger partial charge on any atom is 0.256 e. The highest BCUT2D eigenvalue weighted by Crippen LogP contribution is 2.37. The first kappa shape index (κ1) is 21.3. The second-order valence-corrected chi connectivity index (χ2v) is 9.23. The van der Waals surface area contributed by atoms with Crippen LogP contribution in [0.2, 0.25) is 0 Å². The highest BCUT2D eigenvalue weighted by molar-refractivity contribution is 6.13. The minimum Gasteiger partial charge on any atom is -0.321 e. The Hall–Kier alpha value is -2.94. The van der Waals surface area contributed by atoms with E-state index in [4.69, 9.17) is 4.98 Å². The van der Waals surface area contributed by atoms with E-state index in [0.717, 1.165) is 44.7 Å². The van der Waals surface area contributed by atoms with Crippen LogP contribution in [0.3, 0.4) is 0 Å². The molecule has 0 atom stereocenters. The number of aryl methyl sites for hydroxylation is 3. The van der Waals surface area contributed by atoms with E-state index in [9.17, 15) is 4.79 Å². The maximum atomic E-state index is 12.9. The molecule has 1 N–H and O–H groups in total. The van der Waals surface area contributed by atoms with Crippen LogP contribution in [-0.2, 0) is 0 Å². The Labute approximate surface area is 185 Å². The fraction of sp³-hybridized carbons (Fsp3) is 0.357. The molecule has 0 bridgehead atoms. The number of rotatable bonds is 1. The molecule has 0 radical (unpaired) electrons. The Morgan fingerprint density at radius 2 is 1.06 bits per heavy atom. The zero-order chi connectivity index (χ0) is 22.9. The summed E-state index contributed by atoms with van der Waals surface area (Å²) >= 11 is 0. The lowest BCUT2D eigenvalue weighted by Crippen LogP contribution is -2.13. The molecule has 0 unspecified atom stereocenters. The molecule has 1 aromatic heterocycles. The smallest absolute Gasteiger partial charge is 0.256 e. The molecule has 0 spiro atoms. The van der Waals surface area contributed by atoms with E-state index in [-0.39, 0.29) is 5.91 Å². The van der Waals surface area contributed by atoms with Gasteiger partial charge in [-0.15, -0.1) is 0 Å². The molecule has 0 aliphatic carbocycles. The number of pyridine rings is 1. The zero-order valence-electron chi connectivity index (χ0n) is 20.4. The van der Waals surface area contributed by atoms with Crippen LogP contribution in [0.5, 0.6) is 0 Å². The van der Waals surface area contributed by atoms with Gasteiger partial charge in [0.15, 0.2) is 0 Å². The van der Waals surface area contributed by atoms with Crippen LogP contribution < -0.4 is 5.32 Å². The number of carbonyl (C=O) groups is 1. The number of hydrogen-bond acceptors (Lipinski definition) is 2. The molecule has 2 aromatic carbocycles. The van der Waals surface area contributed by atoms with E-state index < -0.39 is 0 Å². The molecular formula is C28H32N2O. The van der Waals surface area contributed by atoms with E-state index in [1.54, 1.807) is 0 Å². The van der Waals surface area contributed by atoms with Crippen molar-refractivity contribution in [2.45, 2.75) is 69.2 Å². The van der Waals surface area contributed by atoms with Crippen molar-refractivity contribution < 1.29 is 4.79 Å². The second-order valence-electron chi connectivity index (χ2n) is 9.23. The number of amides is 1. The van der Waals surface area contributed by atoms with Gasteiger partial charge >= 0.3 is 0 Å². The summed E-state index contributed by atoms with van der Waals surface area (Å²) in [7, 11) is 0. The zero-order valence-corrected chi connectivity index (χ0v) is 20.4. The Kier molecular flexibility index (Phi) is 4.84. The summed E-state index contributed by atoms with van der Waals surface area (Å²) in [4.78, 5) is 18.0. The summed E-state index contributed by atoms with van der Waals surface area (Å²) in [5, 5.41) is 4.39. The molecule has 1 aliphatic rings. The highest BCUT2D eigenvalue weighted by Gasteiger charge is 2.30. The molecule has 1 amide bonds. The van der Waals surface area contributed by atoms with Gasteiger partial charge in [0.2, 0.25) is 0 Å². The third kappa shape index (κ3) is 2.86. The maximum absolute atomic E-state index is 12.9. The van der Waals surface area contributed by atoms with Crippen molar-refractivity contribution in [2.24, 2.45) is 0 Å². The van der Waals surface area contributed by atoms with E-state index in [1.165, 1.54) is 44.3 Å². The third-order valence-electron chi connectivity index (χ3n) is 7.92. The van der Waals surface area contributed by atoms with Crippen LogP contribution in [-0.4, -0.2) is 10.9 Å². The van der Waals surface area contributed by atoms with Gasteiger partial charge in [0.05, 0.1) is 22.5 Å². The molecule has 160 valence electrons. The van der Waals surface area contributed by atoms with Crippen molar-refractivity contribution in [3.05, 3.63) is 72.5 Å². The number of fused-ring (bicyclic) bond motifs is 2. The molecule has 0 saturated heterocycles. The van der Waals surface area contributed by atoms with Gasteiger partial charge in [-0.3, -0.25) is 4.79 Å². The van der Waals surface area contributed by atoms with Crippen LogP contribution in [0.4, 0.5) is 0 Å². The SMILES string of the molecule is Cc1c(C)c(C)c2c(c1C)C(=O)N/C2=C\c1nc2c(C)c(C)c(C)c(C)c2c(C)c1C. The van der Waals surface area contributed by atoms with Crippen molar-refractivity contribution in [1.82, 2.24) is 10.3 Å². The molecule has 3 heteroatoms. The molecule has 3 aromatic rings. The first-order valence-corrected chi connectivity index (χ1v) is 11.0. The third-order valence-corrected chi connectivity index (χ3v) is 7.92. The fourth-order valence-electron chi connectivity index (χ4n) is 5.04. The first-order valence-electron chi connectivity index (χ1n) is 11.0. The molecule has 0 fully saturated rings. The quantitative estimate of drug-likeness (QED) is 0.492. The summed E-state index contributed by atoms with van der Waals surface area (Å²) in [5.41, 5.74) is 17.0. The van der Waals surface area contributed by atoms with Gasteiger partial charge in [-0.25, -0.2) is 4.98 Å². The van der Waals surface area contributed by atoms with Gasteiger partial charge in [-0.2, -0.15) is 0 Å². The highest BCUT2D eigenvalue weighted by atomic mass is 16.1. The van der Waals surface area contributed by atoms with Crippen LogP contribution >= 0.6 is 0 Å². The van der Waals surface area contributed by atoms with Gasteiger partial charge in [0.1, 0.15) is 0 Å². The molecular weight excluding hydrogens is 380 g/mol. The van der Waals surface area contributed by atoms with Gasteiger partial charge < -0.3 is 5.32 Å². The lowest BCUT2D eigenvalue weighted by atomic mass is 9.88. The summed E-state index contributed by atoms with van der Waals surface area (Å²) in [5.74, 6) is -0.0152. The predicted molar refractivity (Wildman–Crippen MR) is 131 cm³/mol. The first-order chi connectivity index (χ1) is 14.5. The van der Waals surface area contributed by atoms with Crippen molar-refractivity contribution in [3.8, 4) is 0 Å². The number of benzene rings is 2. The molecule has 31 heavy (non-hydrogen) atoms. The van der Waals surface area contributed by atoms with Crippen LogP contribution in [0.25, 0.3) is 22.7 Å². The van der Waals surface area contributed by atoms with Crippen molar-refractivity contribution in [3.63, 3.8) is 0 Å². The standard InChI is InChI=1S/C28H32N2O/c1-12-13(2)19(8)26-25(18(12)7)23(30-28(26)31)11-22-16(5)20(9)24-17(6)14(3)15(4)21(10)27(24)29-22/h11H,1-10H3,(H,30,31)/b23-11-. The molecule has 0 saturated carbocycles. The lowest BCUT2D eigenvalue weighted by Gasteiger charge is -2.18. The molecule has 1 aliphatic heterocycles. The summed E-state index contributed by atoms with van der Waals surface area (Å²) < 4.78 is 0. The number of hydrogen-bond donors (Lipinski definition) is 1. The number of nitrogens with zero attached hydrogens (tertiary/aromatic N) is 1. The Bertz CT molecular complexity index is 1360. The van der Waals surface area contributed by atoms with E-state index in [1.807, 2.05) is 6.92 Å². The Balaban J connectivity index is 2.04. The monoisotopic (exact) mass is 412 g/mol. The molecule has 4 rings (SSSR count). The van der Waals surface area contributed by atoms with E-state index >= 15 is 0 Å². The minimum atomic E-state index is -0.0152. The van der Waals surface area contributed by atoms with Gasteiger partial charge in [-0.1, -0.05) is 0 Å². The Morgan fingerprint density at radius 1 is 0.581 bits per heavy atom. The minimum absolute atomic E-state index is 0.0152. The van der Waals surface area contributed by atoms with Crippen LogP contribution in [0.1, 0.15) is 77.2 Å². The van der Waals surface area contributed by atoms with Crippen molar-refractivity contribution in [1.29, 1.82) is 0 Å². The van der Waals surface area contributed by atoms with Gasteiger partial charge in [0, 0.05) is 10.9 Å². The summed E-state index contributed by atoms with van der Waals surface area (Å²) in [6, 6.07) is 0. The summed E-state index contributed by atoms with van der Waals surface area (Å²) in [6.45, 7) is 21.4. The molecule has 3 nitrogen and oxygen atoms in total. The van der Waals surface area contributed by atoms with Crippen LogP contribution in [0.15, 0.2) is 0 Å². The second kappa shape index (κ2) is 7.05. The van der Waals surface area contributed by atoms with Crippen molar-refractivity contribution >= 4 is 28.6 Å². The number of aromatic nitrogens is 1. The molecule has 2 heterocycles. The van der Waals surface area contributed by atoms with E-state index in [2.05, 4.69) is 73.7 Å². The average Bonchev–Trinajstić information content (AvgIpc) is 3.06. The Morgan fingerprint density at radius 3 is 1.68 bits per heavy atom. The summed E-state index contributed by atoms with van der Waals surface area (Å²) in [6.07, 6.45) is 2.07. The van der Waals surface area contributed by atoms with E-state index in [0.29, 0.717) is 0 Å².